The zero-order chi connectivity index (χ0) is 12.1. The Balaban J connectivity index is 1.98. The predicted octanol–water partition coefficient (Wildman–Crippen LogP) is 1.62. The van der Waals surface area contributed by atoms with Crippen LogP contribution < -0.4 is 5.73 Å². The van der Waals surface area contributed by atoms with E-state index in [-0.39, 0.29) is 6.04 Å². The Morgan fingerprint density at radius 1 is 1.59 bits per heavy atom. The van der Waals surface area contributed by atoms with Gasteiger partial charge in [-0.25, -0.2) is 0 Å². The molecule has 0 aliphatic carbocycles. The zero-order valence-electron chi connectivity index (χ0n) is 9.50. The molecule has 2 N–H and O–H groups in total. The van der Waals surface area contributed by atoms with Gasteiger partial charge < -0.3 is 15.0 Å². The van der Waals surface area contributed by atoms with Crippen LogP contribution in [-0.2, 0) is 4.74 Å². The number of ether oxygens (including phenoxy) is 1. The average molecular weight is 254 g/mol. The van der Waals surface area contributed by atoms with E-state index in [0.29, 0.717) is 24.9 Å². The molecule has 1 atom stereocenters. The molecule has 2 rings (SSSR count). The number of nitrogens with two attached hydrogens (primary N) is 1. The maximum absolute atomic E-state index is 5.88. The van der Waals surface area contributed by atoms with E-state index in [4.69, 9.17) is 15.0 Å². The molecule has 2 heterocycles. The van der Waals surface area contributed by atoms with Crippen LogP contribution in [0.2, 0.25) is 0 Å². The molecule has 0 saturated heterocycles. The minimum Gasteiger partial charge on any atom is -0.379 e. The lowest BCUT2D eigenvalue weighted by atomic mass is 10.3. The Bertz CT molecular complexity index is 443. The quantitative estimate of drug-likeness (QED) is 0.788. The molecule has 0 aromatic carbocycles. The maximum atomic E-state index is 5.88. The van der Waals surface area contributed by atoms with Crippen molar-refractivity contribution in [1.29, 1.82) is 0 Å². The Kier molecular flexibility index (Phi) is 4.18. The van der Waals surface area contributed by atoms with Crippen molar-refractivity contribution in [3.63, 3.8) is 0 Å². The molecular formula is C10H14N4O2S. The lowest BCUT2D eigenvalue weighted by Crippen LogP contribution is -2.18. The van der Waals surface area contributed by atoms with Gasteiger partial charge in [-0.05, 0) is 6.42 Å². The van der Waals surface area contributed by atoms with Gasteiger partial charge in [-0.1, -0.05) is 12.1 Å². The highest BCUT2D eigenvalue weighted by molar-refractivity contribution is 7.13. The highest BCUT2D eigenvalue weighted by Gasteiger charge is 2.16. The molecule has 6 nitrogen and oxygen atoms in total. The molecular weight excluding hydrogens is 240 g/mol. The molecule has 0 saturated carbocycles. The molecule has 2 aromatic heterocycles. The van der Waals surface area contributed by atoms with E-state index in [1.807, 2.05) is 6.92 Å². The third kappa shape index (κ3) is 3.09. The predicted molar refractivity (Wildman–Crippen MR) is 63.4 cm³/mol. The molecule has 1 unspecified atom stereocenters. The fourth-order valence-corrected chi connectivity index (χ4v) is 1.78. The van der Waals surface area contributed by atoms with E-state index in [0.717, 1.165) is 11.3 Å². The van der Waals surface area contributed by atoms with Gasteiger partial charge >= 0.3 is 0 Å². The van der Waals surface area contributed by atoms with Crippen LogP contribution in [0.1, 0.15) is 25.2 Å². The van der Waals surface area contributed by atoms with Crippen LogP contribution in [-0.4, -0.2) is 28.3 Å². The van der Waals surface area contributed by atoms with Gasteiger partial charge in [0.1, 0.15) is 4.88 Å². The molecule has 0 aliphatic rings. The second kappa shape index (κ2) is 5.85. The molecule has 92 valence electrons. The van der Waals surface area contributed by atoms with E-state index in [2.05, 4.69) is 15.1 Å². The minimum atomic E-state index is -0.355. The normalized spacial score (nSPS) is 12.8. The summed E-state index contributed by atoms with van der Waals surface area (Å²) >= 11 is 1.44. The van der Waals surface area contributed by atoms with Crippen molar-refractivity contribution >= 4 is 11.3 Å². The standard InChI is InChI=1S/C10H14N4O2S/c1-2-3-15-5-7(11)9-13-10(16-14-9)8-4-12-6-17-8/h4,6-7H,2-3,5,11H2,1H3. The molecule has 0 spiro atoms. The largest absolute Gasteiger partial charge is 0.379 e. The first-order valence-corrected chi connectivity index (χ1v) is 6.25. The number of rotatable bonds is 6. The van der Waals surface area contributed by atoms with Crippen molar-refractivity contribution in [3.05, 3.63) is 17.5 Å². The van der Waals surface area contributed by atoms with Crippen molar-refractivity contribution in [2.45, 2.75) is 19.4 Å². The fraction of sp³-hybridized carbons (Fsp3) is 0.500. The second-order valence-electron chi connectivity index (χ2n) is 3.50. The molecule has 2 aromatic rings. The highest BCUT2D eigenvalue weighted by atomic mass is 32.1. The topological polar surface area (TPSA) is 87.1 Å². The van der Waals surface area contributed by atoms with Crippen molar-refractivity contribution < 1.29 is 9.26 Å². The van der Waals surface area contributed by atoms with Gasteiger partial charge in [0.05, 0.1) is 24.4 Å². The van der Waals surface area contributed by atoms with Crippen LogP contribution >= 0.6 is 11.3 Å². The third-order valence-electron chi connectivity index (χ3n) is 2.06. The Morgan fingerprint density at radius 3 is 3.18 bits per heavy atom. The Hall–Kier alpha value is -1.31. The summed E-state index contributed by atoms with van der Waals surface area (Å²) in [5.74, 6) is 0.915. The molecule has 17 heavy (non-hydrogen) atoms. The van der Waals surface area contributed by atoms with Crippen LogP contribution in [0.5, 0.6) is 0 Å². The summed E-state index contributed by atoms with van der Waals surface area (Å²) in [6.45, 7) is 3.13. The van der Waals surface area contributed by atoms with Crippen molar-refractivity contribution in [3.8, 4) is 10.8 Å². The number of aromatic nitrogens is 3. The average Bonchev–Trinajstić information content (AvgIpc) is 3.00. The molecule has 7 heteroatoms. The third-order valence-corrected chi connectivity index (χ3v) is 2.82. The van der Waals surface area contributed by atoms with E-state index < -0.39 is 0 Å². The van der Waals surface area contributed by atoms with Crippen molar-refractivity contribution in [2.75, 3.05) is 13.2 Å². The van der Waals surface area contributed by atoms with Crippen molar-refractivity contribution in [1.82, 2.24) is 15.1 Å². The van der Waals surface area contributed by atoms with Crippen LogP contribution in [0.3, 0.4) is 0 Å². The minimum absolute atomic E-state index is 0.355. The molecule has 0 amide bonds. The fourth-order valence-electron chi connectivity index (χ4n) is 1.24. The number of thiazole rings is 1. The molecule has 0 fully saturated rings. The lowest BCUT2D eigenvalue weighted by Gasteiger charge is -2.06. The van der Waals surface area contributed by atoms with Gasteiger partial charge in [-0.3, -0.25) is 4.98 Å². The van der Waals surface area contributed by atoms with E-state index >= 15 is 0 Å². The summed E-state index contributed by atoms with van der Waals surface area (Å²) in [4.78, 5) is 9.01. The van der Waals surface area contributed by atoms with Gasteiger partial charge in [0.25, 0.3) is 5.89 Å². The molecule has 0 bridgehead atoms. The first kappa shape index (κ1) is 12.2. The number of hydrogen-bond acceptors (Lipinski definition) is 7. The summed E-state index contributed by atoms with van der Waals surface area (Å²) in [5, 5.41) is 3.84. The van der Waals surface area contributed by atoms with Crippen molar-refractivity contribution in [2.24, 2.45) is 5.73 Å². The summed E-state index contributed by atoms with van der Waals surface area (Å²) in [6, 6.07) is -0.355. The van der Waals surface area contributed by atoms with Gasteiger partial charge in [0, 0.05) is 6.61 Å². The van der Waals surface area contributed by atoms with E-state index in [9.17, 15) is 0 Å². The Labute approximate surface area is 103 Å². The van der Waals surface area contributed by atoms with Gasteiger partial charge in [0.15, 0.2) is 5.82 Å². The van der Waals surface area contributed by atoms with Crippen LogP contribution in [0.25, 0.3) is 10.8 Å². The summed E-state index contributed by atoms with van der Waals surface area (Å²) in [5.41, 5.74) is 7.59. The van der Waals surface area contributed by atoms with Crippen LogP contribution in [0.15, 0.2) is 16.2 Å². The summed E-state index contributed by atoms with van der Waals surface area (Å²) in [7, 11) is 0. The first-order valence-electron chi connectivity index (χ1n) is 5.37. The lowest BCUT2D eigenvalue weighted by molar-refractivity contribution is 0.119. The molecule has 0 aliphatic heterocycles. The van der Waals surface area contributed by atoms with E-state index in [1.165, 1.54) is 11.3 Å². The maximum Gasteiger partial charge on any atom is 0.269 e. The number of nitrogens with zero attached hydrogens (tertiary/aromatic N) is 3. The van der Waals surface area contributed by atoms with Gasteiger partial charge in [-0.2, -0.15) is 4.98 Å². The Morgan fingerprint density at radius 2 is 2.47 bits per heavy atom. The van der Waals surface area contributed by atoms with Gasteiger partial charge in [-0.15, -0.1) is 11.3 Å². The highest BCUT2D eigenvalue weighted by Crippen LogP contribution is 2.22. The SMILES string of the molecule is CCCOCC(N)c1noc(-c2cncs2)n1. The summed E-state index contributed by atoms with van der Waals surface area (Å²) < 4.78 is 10.5. The monoisotopic (exact) mass is 254 g/mol. The first-order chi connectivity index (χ1) is 8.31. The zero-order valence-corrected chi connectivity index (χ0v) is 10.3. The smallest absolute Gasteiger partial charge is 0.269 e. The summed E-state index contributed by atoms with van der Waals surface area (Å²) in [6.07, 6.45) is 2.64. The van der Waals surface area contributed by atoms with E-state index in [1.54, 1.807) is 11.7 Å². The number of hydrogen-bond donors (Lipinski definition) is 1. The van der Waals surface area contributed by atoms with Crippen LogP contribution in [0.4, 0.5) is 0 Å². The second-order valence-corrected chi connectivity index (χ2v) is 4.39. The molecule has 0 radical (unpaired) electrons. The van der Waals surface area contributed by atoms with Gasteiger partial charge in [0.2, 0.25) is 0 Å². The van der Waals surface area contributed by atoms with Crippen LogP contribution in [0, 0.1) is 0 Å².